The van der Waals surface area contributed by atoms with Crippen molar-refractivity contribution in [1.29, 1.82) is 0 Å². The summed E-state index contributed by atoms with van der Waals surface area (Å²) in [4.78, 5) is 0. The standard InChI is InChI=1S/C21H27N/c1-16-11-13-18(14-12-16)21(22)20-10-6-9-19(15-20)17-7-4-2-3-5-8-17/h6,9-15,17,21H,2-5,7-8,22H2,1H3. The Morgan fingerprint density at radius 3 is 2.23 bits per heavy atom. The normalized spacial score (nSPS) is 17.9. The summed E-state index contributed by atoms with van der Waals surface area (Å²) < 4.78 is 0. The molecule has 3 rings (SSSR count). The number of nitrogens with two attached hydrogens (primary N) is 1. The van der Waals surface area contributed by atoms with E-state index in [9.17, 15) is 0 Å². The van der Waals surface area contributed by atoms with Crippen LogP contribution in [0.2, 0.25) is 0 Å². The van der Waals surface area contributed by atoms with Crippen LogP contribution < -0.4 is 5.73 Å². The Bertz CT molecular complexity index is 592. The van der Waals surface area contributed by atoms with Crippen LogP contribution in [0.4, 0.5) is 0 Å². The number of hydrogen-bond donors (Lipinski definition) is 1. The largest absolute Gasteiger partial charge is 0.320 e. The topological polar surface area (TPSA) is 26.0 Å². The van der Waals surface area contributed by atoms with Crippen LogP contribution >= 0.6 is 0 Å². The Kier molecular flexibility index (Phi) is 4.94. The van der Waals surface area contributed by atoms with Gasteiger partial charge in [0.25, 0.3) is 0 Å². The molecule has 0 radical (unpaired) electrons. The molecule has 1 aliphatic rings. The third-order valence-electron chi connectivity index (χ3n) is 5.03. The maximum Gasteiger partial charge on any atom is 0.0551 e. The van der Waals surface area contributed by atoms with Crippen molar-refractivity contribution in [2.75, 3.05) is 0 Å². The molecule has 2 aromatic carbocycles. The zero-order valence-electron chi connectivity index (χ0n) is 13.6. The van der Waals surface area contributed by atoms with E-state index in [1.807, 2.05) is 0 Å². The SMILES string of the molecule is Cc1ccc(C(N)c2cccc(C3CCCCCC3)c2)cc1. The molecule has 0 amide bonds. The van der Waals surface area contributed by atoms with Gasteiger partial charge in [0, 0.05) is 0 Å². The molecule has 0 spiro atoms. The van der Waals surface area contributed by atoms with E-state index in [1.54, 1.807) is 0 Å². The maximum absolute atomic E-state index is 6.50. The van der Waals surface area contributed by atoms with Crippen molar-refractivity contribution < 1.29 is 0 Å². The Hall–Kier alpha value is -1.60. The van der Waals surface area contributed by atoms with Gasteiger partial charge < -0.3 is 5.73 Å². The third-order valence-corrected chi connectivity index (χ3v) is 5.03. The van der Waals surface area contributed by atoms with E-state index in [4.69, 9.17) is 5.73 Å². The van der Waals surface area contributed by atoms with Crippen molar-refractivity contribution in [3.8, 4) is 0 Å². The lowest BCUT2D eigenvalue weighted by Crippen LogP contribution is -2.12. The summed E-state index contributed by atoms with van der Waals surface area (Å²) >= 11 is 0. The highest BCUT2D eigenvalue weighted by molar-refractivity contribution is 5.36. The molecule has 1 aliphatic carbocycles. The van der Waals surface area contributed by atoms with Crippen LogP contribution in [0.15, 0.2) is 48.5 Å². The molecule has 0 aromatic heterocycles. The lowest BCUT2D eigenvalue weighted by atomic mass is 9.89. The monoisotopic (exact) mass is 293 g/mol. The molecule has 2 N–H and O–H groups in total. The molecule has 1 fully saturated rings. The minimum absolute atomic E-state index is 0.0219. The van der Waals surface area contributed by atoms with Crippen LogP contribution in [0.1, 0.15) is 72.7 Å². The van der Waals surface area contributed by atoms with Gasteiger partial charge in [-0.2, -0.15) is 0 Å². The van der Waals surface area contributed by atoms with Crippen LogP contribution in [-0.4, -0.2) is 0 Å². The molecule has 22 heavy (non-hydrogen) atoms. The van der Waals surface area contributed by atoms with Crippen molar-refractivity contribution in [2.24, 2.45) is 5.73 Å². The first-order valence-corrected chi connectivity index (χ1v) is 8.66. The van der Waals surface area contributed by atoms with E-state index in [0.717, 1.165) is 5.92 Å². The minimum atomic E-state index is -0.0219. The van der Waals surface area contributed by atoms with Crippen LogP contribution in [0, 0.1) is 6.92 Å². The molecule has 116 valence electrons. The number of aryl methyl sites for hydroxylation is 1. The molecular formula is C21H27N. The fourth-order valence-electron chi connectivity index (χ4n) is 3.59. The second kappa shape index (κ2) is 7.11. The second-order valence-electron chi connectivity index (χ2n) is 6.75. The second-order valence-corrected chi connectivity index (χ2v) is 6.75. The Morgan fingerprint density at radius 1 is 0.864 bits per heavy atom. The van der Waals surface area contributed by atoms with Crippen LogP contribution in [0.25, 0.3) is 0 Å². The minimum Gasteiger partial charge on any atom is -0.320 e. The van der Waals surface area contributed by atoms with E-state index in [2.05, 4.69) is 55.5 Å². The molecule has 0 aliphatic heterocycles. The van der Waals surface area contributed by atoms with Crippen molar-refractivity contribution in [2.45, 2.75) is 57.4 Å². The fraction of sp³-hybridized carbons (Fsp3) is 0.429. The maximum atomic E-state index is 6.50. The van der Waals surface area contributed by atoms with Gasteiger partial charge in [0.1, 0.15) is 0 Å². The molecule has 0 saturated heterocycles. The van der Waals surface area contributed by atoms with Crippen LogP contribution in [0.3, 0.4) is 0 Å². The Balaban J connectivity index is 1.82. The molecule has 1 unspecified atom stereocenters. The van der Waals surface area contributed by atoms with E-state index in [0.29, 0.717) is 0 Å². The number of benzene rings is 2. The van der Waals surface area contributed by atoms with Gasteiger partial charge in [-0.3, -0.25) is 0 Å². The van der Waals surface area contributed by atoms with E-state index >= 15 is 0 Å². The molecule has 0 heterocycles. The molecular weight excluding hydrogens is 266 g/mol. The van der Waals surface area contributed by atoms with Crippen LogP contribution in [-0.2, 0) is 0 Å². The summed E-state index contributed by atoms with van der Waals surface area (Å²) in [5, 5.41) is 0. The zero-order valence-corrected chi connectivity index (χ0v) is 13.6. The van der Waals surface area contributed by atoms with E-state index in [-0.39, 0.29) is 6.04 Å². The first-order valence-electron chi connectivity index (χ1n) is 8.66. The first-order chi connectivity index (χ1) is 10.7. The number of hydrogen-bond acceptors (Lipinski definition) is 1. The summed E-state index contributed by atoms with van der Waals surface area (Å²) in [5.41, 5.74) is 11.7. The van der Waals surface area contributed by atoms with Gasteiger partial charge in [0.05, 0.1) is 6.04 Å². The molecule has 0 bridgehead atoms. The molecule has 2 aromatic rings. The fourth-order valence-corrected chi connectivity index (χ4v) is 3.59. The predicted molar refractivity (Wildman–Crippen MR) is 94.1 cm³/mol. The van der Waals surface area contributed by atoms with Crippen LogP contribution in [0.5, 0.6) is 0 Å². The third kappa shape index (κ3) is 3.59. The highest BCUT2D eigenvalue weighted by Gasteiger charge is 2.16. The highest BCUT2D eigenvalue weighted by atomic mass is 14.6. The smallest absolute Gasteiger partial charge is 0.0551 e. The van der Waals surface area contributed by atoms with Crippen molar-refractivity contribution in [3.05, 3.63) is 70.8 Å². The van der Waals surface area contributed by atoms with Gasteiger partial charge >= 0.3 is 0 Å². The predicted octanol–water partition coefficient (Wildman–Crippen LogP) is 5.48. The summed E-state index contributed by atoms with van der Waals surface area (Å²) in [6, 6.07) is 17.6. The lowest BCUT2D eigenvalue weighted by Gasteiger charge is -2.18. The summed E-state index contributed by atoms with van der Waals surface area (Å²) in [6.45, 7) is 2.11. The average molecular weight is 293 g/mol. The molecule has 1 heteroatoms. The Labute approximate surface area is 134 Å². The summed E-state index contributed by atoms with van der Waals surface area (Å²) in [6.07, 6.45) is 8.22. The van der Waals surface area contributed by atoms with Gasteiger partial charge in [-0.25, -0.2) is 0 Å². The van der Waals surface area contributed by atoms with Crippen molar-refractivity contribution in [1.82, 2.24) is 0 Å². The number of rotatable bonds is 3. The van der Waals surface area contributed by atoms with Gasteiger partial charge in [-0.15, -0.1) is 0 Å². The van der Waals surface area contributed by atoms with E-state index in [1.165, 1.54) is 60.8 Å². The van der Waals surface area contributed by atoms with Gasteiger partial charge in [-0.1, -0.05) is 79.8 Å². The zero-order chi connectivity index (χ0) is 15.4. The quantitative estimate of drug-likeness (QED) is 0.745. The Morgan fingerprint density at radius 2 is 1.55 bits per heavy atom. The molecule has 1 atom stereocenters. The van der Waals surface area contributed by atoms with E-state index < -0.39 is 0 Å². The van der Waals surface area contributed by atoms with Crippen molar-refractivity contribution >= 4 is 0 Å². The van der Waals surface area contributed by atoms with Gasteiger partial charge in [0.2, 0.25) is 0 Å². The van der Waals surface area contributed by atoms with Gasteiger partial charge in [-0.05, 0) is 42.4 Å². The summed E-state index contributed by atoms with van der Waals surface area (Å²) in [7, 11) is 0. The molecule has 1 saturated carbocycles. The highest BCUT2D eigenvalue weighted by Crippen LogP contribution is 2.33. The molecule has 1 nitrogen and oxygen atoms in total. The summed E-state index contributed by atoms with van der Waals surface area (Å²) in [5.74, 6) is 0.729. The lowest BCUT2D eigenvalue weighted by molar-refractivity contribution is 0.591. The van der Waals surface area contributed by atoms with Gasteiger partial charge in [0.15, 0.2) is 0 Å². The van der Waals surface area contributed by atoms with Crippen molar-refractivity contribution in [3.63, 3.8) is 0 Å². The average Bonchev–Trinajstić information content (AvgIpc) is 2.84. The first kappa shape index (κ1) is 15.3.